The second-order valence-electron chi connectivity index (χ2n) is 7.29. The smallest absolute Gasteiger partial charge is 0.231 e. The van der Waals surface area contributed by atoms with E-state index in [-0.39, 0.29) is 6.79 Å². The molecule has 3 aromatic carbocycles. The predicted octanol–water partition coefficient (Wildman–Crippen LogP) is 4.89. The number of fused-ring (bicyclic) bond motifs is 3. The Morgan fingerprint density at radius 3 is 2.50 bits per heavy atom. The first-order valence-electron chi connectivity index (χ1n) is 9.56. The summed E-state index contributed by atoms with van der Waals surface area (Å²) < 4.78 is 42.2. The number of pyridine rings is 1. The Labute approximate surface area is 189 Å². The first kappa shape index (κ1) is 20.5. The lowest BCUT2D eigenvalue weighted by atomic mass is 10.1. The van der Waals surface area contributed by atoms with Gasteiger partial charge in [0, 0.05) is 27.9 Å². The van der Waals surface area contributed by atoms with Crippen LogP contribution in [0.15, 0.2) is 48.5 Å². The Morgan fingerprint density at radius 1 is 1.00 bits per heavy atom. The number of rotatable bonds is 5. The normalized spacial score (nSPS) is 12.8. The zero-order chi connectivity index (χ0) is 22.5. The molecule has 0 saturated carbocycles. The van der Waals surface area contributed by atoms with E-state index >= 15 is 0 Å². The maximum Gasteiger partial charge on any atom is 0.231 e. The summed E-state index contributed by atoms with van der Waals surface area (Å²) in [4.78, 5) is 4.75. The number of hydrogen-bond acceptors (Lipinski definition) is 7. The topological polar surface area (TPSA) is 98.8 Å². The van der Waals surface area contributed by atoms with E-state index in [0.717, 1.165) is 22.7 Å². The van der Waals surface area contributed by atoms with Crippen molar-refractivity contribution in [2.45, 2.75) is 0 Å². The van der Waals surface area contributed by atoms with Crippen molar-refractivity contribution in [2.75, 3.05) is 30.2 Å². The number of methoxy groups -OCH3 is 1. The second kappa shape index (κ2) is 7.61. The molecular formula is C22H18ClN3O5S. The highest BCUT2D eigenvalue weighted by Gasteiger charge is 2.19. The van der Waals surface area contributed by atoms with Gasteiger partial charge in [-0.2, -0.15) is 0 Å². The molecule has 8 nitrogen and oxygen atoms in total. The van der Waals surface area contributed by atoms with Gasteiger partial charge in [-0.25, -0.2) is 13.4 Å². The zero-order valence-electron chi connectivity index (χ0n) is 17.1. The number of ether oxygens (including phenoxy) is 3. The van der Waals surface area contributed by atoms with Crippen molar-refractivity contribution in [3.05, 3.63) is 53.6 Å². The first-order chi connectivity index (χ1) is 15.3. The molecule has 2 heterocycles. The fourth-order valence-electron chi connectivity index (χ4n) is 3.65. The summed E-state index contributed by atoms with van der Waals surface area (Å²) in [5.74, 6) is 1.73. The molecule has 1 aliphatic rings. The van der Waals surface area contributed by atoms with Crippen molar-refractivity contribution in [2.24, 2.45) is 0 Å². The molecule has 4 aromatic rings. The molecule has 0 aliphatic carbocycles. The van der Waals surface area contributed by atoms with Crippen LogP contribution in [0.4, 0.5) is 17.1 Å². The number of anilines is 3. The second-order valence-corrected chi connectivity index (χ2v) is 9.47. The van der Waals surface area contributed by atoms with Crippen molar-refractivity contribution in [3.8, 4) is 17.2 Å². The molecule has 1 aliphatic heterocycles. The van der Waals surface area contributed by atoms with Crippen molar-refractivity contribution >= 4 is 60.5 Å². The monoisotopic (exact) mass is 471 g/mol. The third-order valence-electron chi connectivity index (χ3n) is 4.99. The van der Waals surface area contributed by atoms with Crippen molar-refractivity contribution < 1.29 is 22.6 Å². The predicted molar refractivity (Wildman–Crippen MR) is 125 cm³/mol. The minimum absolute atomic E-state index is 0.155. The van der Waals surface area contributed by atoms with E-state index in [1.165, 1.54) is 7.11 Å². The summed E-state index contributed by atoms with van der Waals surface area (Å²) in [5.41, 5.74) is 3.24. The van der Waals surface area contributed by atoms with E-state index in [9.17, 15) is 8.42 Å². The highest BCUT2D eigenvalue weighted by Crippen LogP contribution is 2.42. The lowest BCUT2D eigenvalue weighted by Crippen LogP contribution is -2.09. The fourth-order valence-corrected chi connectivity index (χ4v) is 4.37. The Kier molecular flexibility index (Phi) is 4.87. The van der Waals surface area contributed by atoms with E-state index < -0.39 is 10.0 Å². The van der Waals surface area contributed by atoms with Crippen LogP contribution < -0.4 is 24.2 Å². The summed E-state index contributed by atoms with van der Waals surface area (Å²) in [5, 5.41) is 5.67. The van der Waals surface area contributed by atoms with Crippen LogP contribution >= 0.6 is 11.6 Å². The average molecular weight is 472 g/mol. The maximum absolute atomic E-state index is 11.6. The van der Waals surface area contributed by atoms with Gasteiger partial charge in [0.05, 0.1) is 41.5 Å². The van der Waals surface area contributed by atoms with E-state index in [0.29, 0.717) is 44.7 Å². The van der Waals surface area contributed by atoms with Gasteiger partial charge in [0.2, 0.25) is 16.8 Å². The van der Waals surface area contributed by atoms with Gasteiger partial charge < -0.3 is 19.5 Å². The summed E-state index contributed by atoms with van der Waals surface area (Å²) in [6.45, 7) is 0.155. The average Bonchev–Trinajstić information content (AvgIpc) is 3.19. The minimum Gasteiger partial charge on any atom is -0.494 e. The number of sulfonamides is 1. The lowest BCUT2D eigenvalue weighted by molar-refractivity contribution is 0.174. The van der Waals surface area contributed by atoms with Gasteiger partial charge in [-0.3, -0.25) is 4.72 Å². The van der Waals surface area contributed by atoms with Gasteiger partial charge in [0.25, 0.3) is 0 Å². The number of nitrogens with zero attached hydrogens (tertiary/aromatic N) is 1. The van der Waals surface area contributed by atoms with Gasteiger partial charge in [-0.1, -0.05) is 11.6 Å². The van der Waals surface area contributed by atoms with Crippen LogP contribution in [0.5, 0.6) is 17.2 Å². The molecule has 10 heteroatoms. The van der Waals surface area contributed by atoms with Crippen LogP contribution in [0.2, 0.25) is 5.02 Å². The standard InChI is InChI=1S/C22H18ClN3O5S/c1-29-19-8-13(26-32(2,27)28)4-6-16(19)25-22-14-5-3-12(23)7-17(14)24-18-10-21-20(9-15(18)22)30-11-31-21/h3-10,26H,11H2,1-2H3,(H,24,25). The molecule has 0 amide bonds. The third-order valence-corrected chi connectivity index (χ3v) is 5.84. The van der Waals surface area contributed by atoms with Gasteiger partial charge in [-0.15, -0.1) is 0 Å². The molecule has 164 valence electrons. The number of benzene rings is 3. The molecule has 2 N–H and O–H groups in total. The molecule has 0 atom stereocenters. The summed E-state index contributed by atoms with van der Waals surface area (Å²) in [6, 6.07) is 14.2. The molecule has 5 rings (SSSR count). The van der Waals surface area contributed by atoms with E-state index in [4.69, 9.17) is 30.8 Å². The quantitative estimate of drug-likeness (QED) is 0.399. The van der Waals surface area contributed by atoms with Crippen LogP contribution in [0.3, 0.4) is 0 Å². The highest BCUT2D eigenvalue weighted by atomic mass is 35.5. The number of hydrogen-bond donors (Lipinski definition) is 2. The third kappa shape index (κ3) is 3.80. The summed E-state index contributed by atoms with van der Waals surface area (Å²) in [6.07, 6.45) is 1.09. The summed E-state index contributed by atoms with van der Waals surface area (Å²) >= 11 is 6.21. The molecule has 0 radical (unpaired) electrons. The van der Waals surface area contributed by atoms with E-state index in [1.807, 2.05) is 18.2 Å². The first-order valence-corrected chi connectivity index (χ1v) is 11.8. The van der Waals surface area contributed by atoms with Crippen LogP contribution in [0.1, 0.15) is 0 Å². The number of halogens is 1. The Bertz CT molecular complexity index is 1490. The number of aromatic nitrogens is 1. The molecule has 0 spiro atoms. The fraction of sp³-hybridized carbons (Fsp3) is 0.136. The Balaban J connectivity index is 1.69. The van der Waals surface area contributed by atoms with Crippen LogP contribution in [-0.4, -0.2) is 33.6 Å². The van der Waals surface area contributed by atoms with Crippen molar-refractivity contribution in [1.29, 1.82) is 0 Å². The van der Waals surface area contributed by atoms with E-state index in [2.05, 4.69) is 10.0 Å². The Hall–Kier alpha value is -3.43. The minimum atomic E-state index is -3.41. The molecular weight excluding hydrogens is 454 g/mol. The molecule has 0 fully saturated rings. The van der Waals surface area contributed by atoms with E-state index in [1.54, 1.807) is 30.3 Å². The summed E-state index contributed by atoms with van der Waals surface area (Å²) in [7, 11) is -1.89. The SMILES string of the molecule is COc1cc(NS(C)(=O)=O)ccc1Nc1c2ccc(Cl)cc2nc2cc3c(cc12)OCO3. The largest absolute Gasteiger partial charge is 0.494 e. The van der Waals surface area contributed by atoms with Gasteiger partial charge in [0.15, 0.2) is 11.5 Å². The van der Waals surface area contributed by atoms with Crippen LogP contribution in [0, 0.1) is 0 Å². The van der Waals surface area contributed by atoms with Crippen molar-refractivity contribution in [1.82, 2.24) is 4.98 Å². The van der Waals surface area contributed by atoms with Gasteiger partial charge >= 0.3 is 0 Å². The maximum atomic E-state index is 11.6. The Morgan fingerprint density at radius 2 is 1.75 bits per heavy atom. The lowest BCUT2D eigenvalue weighted by Gasteiger charge is -2.17. The van der Waals surface area contributed by atoms with Gasteiger partial charge in [-0.05, 0) is 36.4 Å². The molecule has 1 aromatic heterocycles. The molecule has 0 saturated heterocycles. The zero-order valence-corrected chi connectivity index (χ0v) is 18.7. The van der Waals surface area contributed by atoms with Crippen molar-refractivity contribution in [3.63, 3.8) is 0 Å². The highest BCUT2D eigenvalue weighted by molar-refractivity contribution is 7.92. The van der Waals surface area contributed by atoms with Crippen LogP contribution in [-0.2, 0) is 10.0 Å². The van der Waals surface area contributed by atoms with Gasteiger partial charge in [0.1, 0.15) is 5.75 Å². The molecule has 0 bridgehead atoms. The number of nitrogens with one attached hydrogen (secondary N) is 2. The molecule has 0 unspecified atom stereocenters. The molecule has 32 heavy (non-hydrogen) atoms. The van der Waals surface area contributed by atoms with Crippen LogP contribution in [0.25, 0.3) is 21.8 Å².